The van der Waals surface area contributed by atoms with Crippen molar-refractivity contribution in [2.45, 2.75) is 20.3 Å². The van der Waals surface area contributed by atoms with Gasteiger partial charge in [-0.05, 0) is 23.6 Å². The van der Waals surface area contributed by atoms with E-state index < -0.39 is 0 Å². The number of carbonyl (C=O) groups excluding carboxylic acids is 1. The molecule has 1 rings (SSSR count). The van der Waals surface area contributed by atoms with Crippen LogP contribution in [0.15, 0.2) is 28.7 Å². The molecule has 100 valence electrons. The average molecular weight is 313 g/mol. The Kier molecular flexibility index (Phi) is 5.35. The number of rotatable bonds is 5. The molecule has 1 amide bonds. The van der Waals surface area contributed by atoms with Gasteiger partial charge in [0, 0.05) is 18.1 Å². The van der Waals surface area contributed by atoms with E-state index in [1.165, 1.54) is 0 Å². The molecule has 0 atom stereocenters. The van der Waals surface area contributed by atoms with Gasteiger partial charge in [0.15, 0.2) is 0 Å². The summed E-state index contributed by atoms with van der Waals surface area (Å²) in [5, 5.41) is 0. The SMILES string of the molecule is CN(CC(C)(C)CN)C(=O)Cc1ccccc1Br. The highest BCUT2D eigenvalue weighted by Gasteiger charge is 2.21. The molecule has 1 aromatic rings. The highest BCUT2D eigenvalue weighted by Crippen LogP contribution is 2.18. The number of hydrogen-bond acceptors (Lipinski definition) is 2. The second kappa shape index (κ2) is 6.34. The average Bonchev–Trinajstić information content (AvgIpc) is 2.31. The third-order valence-electron chi connectivity index (χ3n) is 2.94. The first-order valence-corrected chi connectivity index (χ1v) is 6.82. The molecule has 0 unspecified atom stereocenters. The van der Waals surface area contributed by atoms with E-state index in [1.54, 1.807) is 4.90 Å². The summed E-state index contributed by atoms with van der Waals surface area (Å²) in [6.45, 7) is 5.37. The van der Waals surface area contributed by atoms with Crippen molar-refractivity contribution in [3.8, 4) is 0 Å². The lowest BCUT2D eigenvalue weighted by atomic mass is 9.93. The Hall–Kier alpha value is -0.870. The summed E-state index contributed by atoms with van der Waals surface area (Å²) in [7, 11) is 1.83. The van der Waals surface area contributed by atoms with Crippen molar-refractivity contribution in [2.75, 3.05) is 20.1 Å². The molecule has 0 saturated heterocycles. The van der Waals surface area contributed by atoms with Crippen LogP contribution in [0.4, 0.5) is 0 Å². The van der Waals surface area contributed by atoms with E-state index >= 15 is 0 Å². The van der Waals surface area contributed by atoms with Gasteiger partial charge < -0.3 is 10.6 Å². The number of halogens is 1. The highest BCUT2D eigenvalue weighted by atomic mass is 79.9. The van der Waals surface area contributed by atoms with Crippen LogP contribution in [0, 0.1) is 5.41 Å². The molecule has 0 saturated carbocycles. The van der Waals surface area contributed by atoms with Crippen LogP contribution in [0.5, 0.6) is 0 Å². The lowest BCUT2D eigenvalue weighted by Crippen LogP contribution is -2.40. The molecule has 0 aliphatic heterocycles. The van der Waals surface area contributed by atoms with Crippen LogP contribution in [-0.2, 0) is 11.2 Å². The van der Waals surface area contributed by atoms with Gasteiger partial charge in [-0.2, -0.15) is 0 Å². The Morgan fingerprint density at radius 3 is 2.56 bits per heavy atom. The predicted molar refractivity (Wildman–Crippen MR) is 78.3 cm³/mol. The second-order valence-corrected chi connectivity index (χ2v) is 6.24. The first-order valence-electron chi connectivity index (χ1n) is 6.03. The molecule has 1 aromatic carbocycles. The monoisotopic (exact) mass is 312 g/mol. The summed E-state index contributed by atoms with van der Waals surface area (Å²) < 4.78 is 0.977. The summed E-state index contributed by atoms with van der Waals surface area (Å²) >= 11 is 3.46. The Labute approximate surface area is 117 Å². The van der Waals surface area contributed by atoms with Crippen LogP contribution < -0.4 is 5.73 Å². The zero-order valence-electron chi connectivity index (χ0n) is 11.2. The quantitative estimate of drug-likeness (QED) is 0.907. The molecule has 0 aliphatic rings. The van der Waals surface area contributed by atoms with Crippen LogP contribution in [0.2, 0.25) is 0 Å². The topological polar surface area (TPSA) is 46.3 Å². The molecule has 0 radical (unpaired) electrons. The van der Waals surface area contributed by atoms with Crippen LogP contribution in [-0.4, -0.2) is 30.9 Å². The predicted octanol–water partition coefficient (Wildman–Crippen LogP) is 2.43. The number of nitrogens with zero attached hydrogens (tertiary/aromatic N) is 1. The minimum atomic E-state index is -0.0433. The molecule has 0 aliphatic carbocycles. The van der Waals surface area contributed by atoms with Crippen LogP contribution in [0.25, 0.3) is 0 Å². The van der Waals surface area contributed by atoms with Gasteiger partial charge in [-0.15, -0.1) is 0 Å². The summed E-state index contributed by atoms with van der Waals surface area (Å²) in [5.74, 6) is 0.114. The van der Waals surface area contributed by atoms with Crippen molar-refractivity contribution in [1.82, 2.24) is 4.90 Å². The van der Waals surface area contributed by atoms with Crippen molar-refractivity contribution in [3.63, 3.8) is 0 Å². The van der Waals surface area contributed by atoms with E-state index in [4.69, 9.17) is 5.73 Å². The number of benzene rings is 1. The molecular weight excluding hydrogens is 292 g/mol. The first-order chi connectivity index (χ1) is 8.35. The third kappa shape index (κ3) is 4.42. The molecular formula is C14H21BrN2O. The Morgan fingerprint density at radius 2 is 2.00 bits per heavy atom. The van der Waals surface area contributed by atoms with Gasteiger partial charge in [0.05, 0.1) is 6.42 Å². The minimum absolute atomic E-state index is 0.0433. The Balaban J connectivity index is 2.64. The maximum absolute atomic E-state index is 12.1. The van der Waals surface area contributed by atoms with Crippen LogP contribution in [0.3, 0.4) is 0 Å². The van der Waals surface area contributed by atoms with Crippen LogP contribution in [0.1, 0.15) is 19.4 Å². The fraction of sp³-hybridized carbons (Fsp3) is 0.500. The Morgan fingerprint density at radius 1 is 1.39 bits per heavy atom. The van der Waals surface area contributed by atoms with Gasteiger partial charge in [-0.1, -0.05) is 48.0 Å². The number of carbonyl (C=O) groups is 1. The molecule has 0 heterocycles. The van der Waals surface area contributed by atoms with Gasteiger partial charge in [0.2, 0.25) is 5.91 Å². The molecule has 0 spiro atoms. The van der Waals surface area contributed by atoms with Gasteiger partial charge in [0.25, 0.3) is 0 Å². The lowest BCUT2D eigenvalue weighted by Gasteiger charge is -2.29. The zero-order valence-corrected chi connectivity index (χ0v) is 12.8. The first kappa shape index (κ1) is 15.2. The van der Waals surface area contributed by atoms with Crippen molar-refractivity contribution < 1.29 is 4.79 Å². The van der Waals surface area contributed by atoms with Crippen molar-refractivity contribution in [3.05, 3.63) is 34.3 Å². The summed E-state index contributed by atoms with van der Waals surface area (Å²) in [4.78, 5) is 13.9. The third-order valence-corrected chi connectivity index (χ3v) is 3.72. The fourth-order valence-electron chi connectivity index (χ4n) is 1.73. The van der Waals surface area contributed by atoms with E-state index in [1.807, 2.05) is 31.3 Å². The molecule has 3 nitrogen and oxygen atoms in total. The minimum Gasteiger partial charge on any atom is -0.345 e. The van der Waals surface area contributed by atoms with E-state index in [0.717, 1.165) is 10.0 Å². The molecule has 0 fully saturated rings. The number of likely N-dealkylation sites (N-methyl/N-ethyl adjacent to an activating group) is 1. The maximum Gasteiger partial charge on any atom is 0.226 e. The van der Waals surface area contributed by atoms with Gasteiger partial charge in [-0.3, -0.25) is 4.79 Å². The number of hydrogen-bond donors (Lipinski definition) is 1. The standard InChI is InChI=1S/C14H21BrN2O/c1-14(2,9-16)10-17(3)13(18)8-11-6-4-5-7-12(11)15/h4-7H,8-10,16H2,1-3H3. The number of amides is 1. The van der Waals surface area contributed by atoms with E-state index in [2.05, 4.69) is 29.8 Å². The van der Waals surface area contributed by atoms with Gasteiger partial charge in [-0.25, -0.2) is 0 Å². The molecule has 18 heavy (non-hydrogen) atoms. The normalized spacial score (nSPS) is 11.4. The van der Waals surface area contributed by atoms with E-state index in [-0.39, 0.29) is 11.3 Å². The lowest BCUT2D eigenvalue weighted by molar-refractivity contribution is -0.130. The van der Waals surface area contributed by atoms with E-state index in [0.29, 0.717) is 19.5 Å². The van der Waals surface area contributed by atoms with Gasteiger partial charge >= 0.3 is 0 Å². The van der Waals surface area contributed by atoms with E-state index in [9.17, 15) is 4.79 Å². The fourth-order valence-corrected chi connectivity index (χ4v) is 2.16. The van der Waals surface area contributed by atoms with Crippen molar-refractivity contribution in [2.24, 2.45) is 11.1 Å². The van der Waals surface area contributed by atoms with Crippen molar-refractivity contribution >= 4 is 21.8 Å². The second-order valence-electron chi connectivity index (χ2n) is 5.39. The highest BCUT2D eigenvalue weighted by molar-refractivity contribution is 9.10. The van der Waals surface area contributed by atoms with Crippen LogP contribution >= 0.6 is 15.9 Å². The number of nitrogens with two attached hydrogens (primary N) is 1. The Bertz CT molecular complexity index is 418. The van der Waals surface area contributed by atoms with Crippen molar-refractivity contribution in [1.29, 1.82) is 0 Å². The molecule has 4 heteroatoms. The maximum atomic E-state index is 12.1. The summed E-state index contributed by atoms with van der Waals surface area (Å²) in [6.07, 6.45) is 0.415. The molecule has 0 bridgehead atoms. The van der Waals surface area contributed by atoms with Gasteiger partial charge in [0.1, 0.15) is 0 Å². The molecule has 2 N–H and O–H groups in total. The summed E-state index contributed by atoms with van der Waals surface area (Å²) in [5.41, 5.74) is 6.66. The zero-order chi connectivity index (χ0) is 13.8. The molecule has 0 aromatic heterocycles. The smallest absolute Gasteiger partial charge is 0.226 e. The summed E-state index contributed by atoms with van der Waals surface area (Å²) in [6, 6.07) is 7.80. The largest absolute Gasteiger partial charge is 0.345 e.